The zero-order valence-corrected chi connectivity index (χ0v) is 12.7. The third kappa shape index (κ3) is 3.87. The second-order valence-electron chi connectivity index (χ2n) is 5.11. The molecule has 0 spiro atoms. The molecule has 0 aliphatic rings. The van der Waals surface area contributed by atoms with E-state index in [1.165, 1.54) is 4.68 Å². The molecule has 0 aliphatic heterocycles. The van der Waals surface area contributed by atoms with Crippen molar-refractivity contribution in [2.75, 3.05) is 6.54 Å². The molecule has 0 unspecified atom stereocenters. The Morgan fingerprint density at radius 2 is 2.09 bits per heavy atom. The van der Waals surface area contributed by atoms with Gasteiger partial charge < -0.3 is 10.6 Å². The van der Waals surface area contributed by atoms with E-state index in [2.05, 4.69) is 26.2 Å². The molecular formula is C14H18N6O2. The van der Waals surface area contributed by atoms with E-state index in [1.54, 1.807) is 25.2 Å². The zero-order chi connectivity index (χ0) is 16.1. The Bertz CT molecular complexity index is 679. The van der Waals surface area contributed by atoms with Gasteiger partial charge in [-0.15, -0.1) is 5.10 Å². The van der Waals surface area contributed by atoms with E-state index in [1.807, 2.05) is 19.9 Å². The van der Waals surface area contributed by atoms with Crippen molar-refractivity contribution in [2.45, 2.75) is 19.9 Å². The van der Waals surface area contributed by atoms with Gasteiger partial charge in [-0.1, -0.05) is 12.1 Å². The van der Waals surface area contributed by atoms with Gasteiger partial charge in [0, 0.05) is 24.2 Å². The molecule has 1 aromatic carbocycles. The molecule has 0 saturated heterocycles. The molecule has 1 aromatic heterocycles. The van der Waals surface area contributed by atoms with Gasteiger partial charge in [0.15, 0.2) is 5.82 Å². The van der Waals surface area contributed by atoms with Gasteiger partial charge in [-0.2, -0.15) is 0 Å². The standard InChI is InChI=1S/C14H18N6O2/c1-9(2)16-12(21)8-15-14(22)11-6-4-5-10(7-11)13-17-18-19-20(13)3/h4-7,9H,8H2,1-3H3,(H,15,22)(H,16,21). The van der Waals surface area contributed by atoms with Crippen molar-refractivity contribution >= 4 is 11.8 Å². The van der Waals surface area contributed by atoms with E-state index >= 15 is 0 Å². The van der Waals surface area contributed by atoms with E-state index < -0.39 is 0 Å². The lowest BCUT2D eigenvalue weighted by Gasteiger charge is -2.09. The van der Waals surface area contributed by atoms with Crippen molar-refractivity contribution in [2.24, 2.45) is 7.05 Å². The molecule has 0 fully saturated rings. The second kappa shape index (κ2) is 6.79. The number of nitrogens with zero attached hydrogens (tertiary/aromatic N) is 4. The van der Waals surface area contributed by atoms with Crippen molar-refractivity contribution < 1.29 is 9.59 Å². The molecule has 116 valence electrons. The van der Waals surface area contributed by atoms with Crippen molar-refractivity contribution in [3.8, 4) is 11.4 Å². The summed E-state index contributed by atoms with van der Waals surface area (Å²) in [5, 5.41) is 16.5. The van der Waals surface area contributed by atoms with Gasteiger partial charge in [0.2, 0.25) is 5.91 Å². The topological polar surface area (TPSA) is 102 Å². The molecule has 8 nitrogen and oxygen atoms in total. The van der Waals surface area contributed by atoms with Gasteiger partial charge in [-0.3, -0.25) is 9.59 Å². The molecule has 0 saturated carbocycles. The Morgan fingerprint density at radius 3 is 2.73 bits per heavy atom. The maximum Gasteiger partial charge on any atom is 0.251 e. The number of benzene rings is 1. The van der Waals surface area contributed by atoms with Gasteiger partial charge in [-0.05, 0) is 36.4 Å². The molecule has 2 rings (SSSR count). The maximum atomic E-state index is 12.1. The predicted molar refractivity (Wildman–Crippen MR) is 79.8 cm³/mol. The summed E-state index contributed by atoms with van der Waals surface area (Å²) in [6, 6.07) is 6.95. The van der Waals surface area contributed by atoms with E-state index in [9.17, 15) is 9.59 Å². The van der Waals surface area contributed by atoms with Gasteiger partial charge >= 0.3 is 0 Å². The Labute approximate surface area is 127 Å². The number of amides is 2. The number of carbonyl (C=O) groups excluding carboxylic acids is 2. The van der Waals surface area contributed by atoms with Gasteiger partial charge in [0.1, 0.15) is 0 Å². The highest BCUT2D eigenvalue weighted by Gasteiger charge is 2.11. The first-order chi connectivity index (χ1) is 10.5. The molecule has 1 heterocycles. The van der Waals surface area contributed by atoms with E-state index in [-0.39, 0.29) is 24.4 Å². The normalized spacial score (nSPS) is 10.5. The summed E-state index contributed by atoms with van der Waals surface area (Å²) >= 11 is 0. The molecule has 0 atom stereocenters. The van der Waals surface area contributed by atoms with Crippen LogP contribution in [0, 0.1) is 0 Å². The summed E-state index contributed by atoms with van der Waals surface area (Å²) in [4.78, 5) is 23.6. The van der Waals surface area contributed by atoms with Gasteiger partial charge in [-0.25, -0.2) is 4.68 Å². The summed E-state index contributed by atoms with van der Waals surface area (Å²) < 4.78 is 1.52. The number of aryl methyl sites for hydroxylation is 1. The molecule has 2 amide bonds. The first-order valence-electron chi connectivity index (χ1n) is 6.87. The third-order valence-electron chi connectivity index (χ3n) is 2.86. The number of hydrogen-bond donors (Lipinski definition) is 2. The highest BCUT2D eigenvalue weighted by atomic mass is 16.2. The molecular weight excluding hydrogens is 284 g/mol. The lowest BCUT2D eigenvalue weighted by molar-refractivity contribution is -0.120. The lowest BCUT2D eigenvalue weighted by atomic mass is 10.1. The monoisotopic (exact) mass is 302 g/mol. The first-order valence-corrected chi connectivity index (χ1v) is 6.87. The Balaban J connectivity index is 2.05. The van der Waals surface area contributed by atoms with Crippen LogP contribution >= 0.6 is 0 Å². The van der Waals surface area contributed by atoms with Crippen molar-refractivity contribution in [3.63, 3.8) is 0 Å². The largest absolute Gasteiger partial charge is 0.352 e. The van der Waals surface area contributed by atoms with Crippen LogP contribution in [0.1, 0.15) is 24.2 Å². The van der Waals surface area contributed by atoms with E-state index in [4.69, 9.17) is 0 Å². The second-order valence-corrected chi connectivity index (χ2v) is 5.11. The summed E-state index contributed by atoms with van der Waals surface area (Å²) in [5.74, 6) is 0.0140. The third-order valence-corrected chi connectivity index (χ3v) is 2.86. The number of nitrogens with one attached hydrogen (secondary N) is 2. The minimum Gasteiger partial charge on any atom is -0.352 e. The highest BCUT2D eigenvalue weighted by molar-refractivity contribution is 5.97. The van der Waals surface area contributed by atoms with Crippen LogP contribution in [0.15, 0.2) is 24.3 Å². The maximum absolute atomic E-state index is 12.1. The lowest BCUT2D eigenvalue weighted by Crippen LogP contribution is -2.39. The van der Waals surface area contributed by atoms with Crippen molar-refractivity contribution in [1.29, 1.82) is 0 Å². The molecule has 0 bridgehead atoms. The van der Waals surface area contributed by atoms with E-state index in [0.717, 1.165) is 5.56 Å². The number of carbonyl (C=O) groups is 2. The SMILES string of the molecule is CC(C)NC(=O)CNC(=O)c1cccc(-c2nnnn2C)c1. The van der Waals surface area contributed by atoms with Crippen LogP contribution in [0.3, 0.4) is 0 Å². The van der Waals surface area contributed by atoms with Crippen molar-refractivity contribution in [1.82, 2.24) is 30.8 Å². The number of aromatic nitrogens is 4. The molecule has 8 heteroatoms. The smallest absolute Gasteiger partial charge is 0.251 e. The summed E-state index contributed by atoms with van der Waals surface area (Å²) in [6.07, 6.45) is 0. The van der Waals surface area contributed by atoms with Crippen LogP contribution in [-0.4, -0.2) is 44.6 Å². The van der Waals surface area contributed by atoms with Crippen LogP contribution in [0.5, 0.6) is 0 Å². The Kier molecular flexibility index (Phi) is 4.82. The van der Waals surface area contributed by atoms with Crippen LogP contribution in [0.2, 0.25) is 0 Å². The van der Waals surface area contributed by atoms with Crippen LogP contribution in [0.25, 0.3) is 11.4 Å². The quantitative estimate of drug-likeness (QED) is 0.817. The number of tetrazole rings is 1. The Hall–Kier alpha value is -2.77. The average Bonchev–Trinajstić information content (AvgIpc) is 2.90. The molecule has 2 aromatic rings. The summed E-state index contributed by atoms with van der Waals surface area (Å²) in [6.45, 7) is 3.66. The van der Waals surface area contributed by atoms with Crippen LogP contribution in [0.4, 0.5) is 0 Å². The molecule has 22 heavy (non-hydrogen) atoms. The van der Waals surface area contributed by atoms with Crippen molar-refractivity contribution in [3.05, 3.63) is 29.8 Å². The van der Waals surface area contributed by atoms with Gasteiger partial charge in [0.25, 0.3) is 5.91 Å². The molecule has 0 aliphatic carbocycles. The van der Waals surface area contributed by atoms with Gasteiger partial charge in [0.05, 0.1) is 6.54 Å². The summed E-state index contributed by atoms with van der Waals surface area (Å²) in [5.41, 5.74) is 1.17. The fourth-order valence-corrected chi connectivity index (χ4v) is 1.91. The minimum absolute atomic E-state index is 0.0381. The first kappa shape index (κ1) is 15.6. The van der Waals surface area contributed by atoms with E-state index in [0.29, 0.717) is 11.4 Å². The highest BCUT2D eigenvalue weighted by Crippen LogP contribution is 2.16. The molecule has 0 radical (unpaired) electrons. The van der Waals surface area contributed by atoms with Crippen LogP contribution in [-0.2, 0) is 11.8 Å². The molecule has 2 N–H and O–H groups in total. The fraction of sp³-hybridized carbons (Fsp3) is 0.357. The minimum atomic E-state index is -0.323. The number of rotatable bonds is 5. The summed E-state index contributed by atoms with van der Waals surface area (Å²) in [7, 11) is 1.72. The Morgan fingerprint density at radius 1 is 1.32 bits per heavy atom. The van der Waals surface area contributed by atoms with Crippen LogP contribution < -0.4 is 10.6 Å². The predicted octanol–water partition coefficient (Wildman–Crippen LogP) is 0.131. The fourth-order valence-electron chi connectivity index (χ4n) is 1.91. The zero-order valence-electron chi connectivity index (χ0n) is 12.7. The average molecular weight is 302 g/mol. The number of hydrogen-bond acceptors (Lipinski definition) is 5.